The van der Waals surface area contributed by atoms with E-state index < -0.39 is 11.9 Å². The second-order valence-corrected chi connectivity index (χ2v) is 2.83. The van der Waals surface area contributed by atoms with Crippen LogP contribution in [0.1, 0.15) is 20.7 Å². The molecule has 0 radical (unpaired) electrons. The van der Waals surface area contributed by atoms with Crippen molar-refractivity contribution in [1.82, 2.24) is 0 Å². The average Bonchev–Trinajstić information content (AvgIpc) is 2.62. The Bertz CT molecular complexity index is 450. The van der Waals surface area contributed by atoms with Crippen molar-refractivity contribution in [2.75, 3.05) is 6.79 Å². The van der Waals surface area contributed by atoms with Crippen molar-refractivity contribution in [3.8, 4) is 11.5 Å². The van der Waals surface area contributed by atoms with Gasteiger partial charge in [0.25, 0.3) is 0 Å². The predicted molar refractivity (Wildman–Crippen MR) is 46.5 cm³/mol. The smallest absolute Gasteiger partial charge is 0.340 e. The summed E-state index contributed by atoms with van der Waals surface area (Å²) in [5.41, 5.74) is -0.691. The molecule has 6 heteroatoms. The van der Waals surface area contributed by atoms with Crippen LogP contribution < -0.4 is 9.47 Å². The van der Waals surface area contributed by atoms with Gasteiger partial charge in [-0.3, -0.25) is 0 Å². The Morgan fingerprint density at radius 1 is 1.13 bits per heavy atom. The van der Waals surface area contributed by atoms with Gasteiger partial charge in [0.15, 0.2) is 11.5 Å². The molecule has 0 amide bonds. The molecule has 0 fully saturated rings. The van der Waals surface area contributed by atoms with Gasteiger partial charge in [0.2, 0.25) is 6.79 Å². The molecule has 1 aliphatic heterocycles. The Labute approximate surface area is 83.7 Å². The van der Waals surface area contributed by atoms with E-state index >= 15 is 0 Å². The largest absolute Gasteiger partial charge is 0.478 e. The molecule has 0 saturated heterocycles. The van der Waals surface area contributed by atoms with Crippen molar-refractivity contribution in [1.29, 1.82) is 0 Å². The van der Waals surface area contributed by atoms with Crippen LogP contribution in [-0.4, -0.2) is 28.9 Å². The molecule has 0 aliphatic carbocycles. The second-order valence-electron chi connectivity index (χ2n) is 2.83. The molecule has 0 atom stereocenters. The fourth-order valence-electron chi connectivity index (χ4n) is 1.36. The first-order valence-corrected chi connectivity index (χ1v) is 4.00. The number of hydrogen-bond acceptors (Lipinski definition) is 4. The minimum atomic E-state index is -1.35. The van der Waals surface area contributed by atoms with Gasteiger partial charge in [0.05, 0.1) is 5.56 Å². The Kier molecular flexibility index (Phi) is 1.96. The fraction of sp³-hybridized carbons (Fsp3) is 0.111. The number of rotatable bonds is 2. The molecular formula is C9H6O6. The van der Waals surface area contributed by atoms with Crippen LogP contribution >= 0.6 is 0 Å². The van der Waals surface area contributed by atoms with Crippen LogP contribution in [0.3, 0.4) is 0 Å². The van der Waals surface area contributed by atoms with E-state index in [0.29, 0.717) is 0 Å². The molecule has 78 valence electrons. The number of carboxylic acids is 2. The quantitative estimate of drug-likeness (QED) is 0.750. The van der Waals surface area contributed by atoms with E-state index in [2.05, 4.69) is 0 Å². The van der Waals surface area contributed by atoms with Gasteiger partial charge in [-0.05, 0) is 12.1 Å². The molecule has 0 unspecified atom stereocenters. The monoisotopic (exact) mass is 210 g/mol. The summed E-state index contributed by atoms with van der Waals surface area (Å²) in [7, 11) is 0. The second kappa shape index (κ2) is 3.16. The molecule has 1 aliphatic rings. The van der Waals surface area contributed by atoms with Gasteiger partial charge < -0.3 is 19.7 Å². The highest BCUT2D eigenvalue weighted by Gasteiger charge is 2.27. The standard InChI is InChI=1S/C9H6O6/c10-8(11)4-1-2-5-7(15-3-14-5)6(4)9(12)13/h1-2H,3H2,(H,10,11)(H,12,13). The summed E-state index contributed by atoms with van der Waals surface area (Å²) in [6, 6.07) is 2.55. The van der Waals surface area contributed by atoms with Gasteiger partial charge >= 0.3 is 11.9 Å². The number of benzene rings is 1. The molecule has 15 heavy (non-hydrogen) atoms. The van der Waals surface area contributed by atoms with Crippen molar-refractivity contribution in [2.24, 2.45) is 0 Å². The number of carboxylic acid groups (broad SMARTS) is 2. The van der Waals surface area contributed by atoms with Crippen LogP contribution in [0.4, 0.5) is 0 Å². The molecular weight excluding hydrogens is 204 g/mol. The molecule has 1 aromatic carbocycles. The Hall–Kier alpha value is -2.24. The van der Waals surface area contributed by atoms with Crippen LogP contribution in [0.2, 0.25) is 0 Å². The first-order valence-electron chi connectivity index (χ1n) is 4.00. The summed E-state index contributed by atoms with van der Waals surface area (Å²) < 4.78 is 9.86. The van der Waals surface area contributed by atoms with E-state index in [0.717, 1.165) is 0 Å². The number of ether oxygens (including phenoxy) is 2. The predicted octanol–water partition coefficient (Wildman–Crippen LogP) is 0.812. The van der Waals surface area contributed by atoms with E-state index in [1.165, 1.54) is 12.1 Å². The van der Waals surface area contributed by atoms with Gasteiger partial charge in [-0.25, -0.2) is 9.59 Å². The highest BCUT2D eigenvalue weighted by Crippen LogP contribution is 2.37. The summed E-state index contributed by atoms with van der Waals surface area (Å²) in [6.07, 6.45) is 0. The third kappa shape index (κ3) is 1.35. The zero-order chi connectivity index (χ0) is 11.0. The van der Waals surface area contributed by atoms with Gasteiger partial charge in [-0.2, -0.15) is 0 Å². The van der Waals surface area contributed by atoms with Gasteiger partial charge in [0, 0.05) is 0 Å². The van der Waals surface area contributed by atoms with Gasteiger partial charge in [-0.15, -0.1) is 0 Å². The molecule has 0 spiro atoms. The number of carbonyl (C=O) groups is 2. The van der Waals surface area contributed by atoms with Gasteiger partial charge in [0.1, 0.15) is 5.56 Å². The summed E-state index contributed by atoms with van der Waals surface area (Å²) in [5, 5.41) is 17.7. The van der Waals surface area contributed by atoms with Crippen molar-refractivity contribution in [3.05, 3.63) is 23.3 Å². The molecule has 1 heterocycles. The first kappa shape index (κ1) is 9.32. The summed E-state index contributed by atoms with van der Waals surface area (Å²) in [5.74, 6) is -2.44. The maximum absolute atomic E-state index is 10.9. The SMILES string of the molecule is O=C(O)c1ccc2c(c1C(=O)O)OCO2. The van der Waals surface area contributed by atoms with Crippen molar-refractivity contribution >= 4 is 11.9 Å². The number of fused-ring (bicyclic) bond motifs is 1. The first-order chi connectivity index (χ1) is 7.11. The zero-order valence-electron chi connectivity index (χ0n) is 7.39. The van der Waals surface area contributed by atoms with Gasteiger partial charge in [-0.1, -0.05) is 0 Å². The van der Waals surface area contributed by atoms with E-state index in [1.807, 2.05) is 0 Å². The molecule has 0 bridgehead atoms. The molecule has 1 aromatic rings. The van der Waals surface area contributed by atoms with E-state index in [1.54, 1.807) is 0 Å². The minimum Gasteiger partial charge on any atom is -0.478 e. The highest BCUT2D eigenvalue weighted by molar-refractivity contribution is 6.04. The van der Waals surface area contributed by atoms with E-state index in [4.69, 9.17) is 19.7 Å². The van der Waals surface area contributed by atoms with Crippen LogP contribution in [0.15, 0.2) is 12.1 Å². The molecule has 2 N–H and O–H groups in total. The maximum atomic E-state index is 10.9. The van der Waals surface area contributed by atoms with Crippen LogP contribution in [0.5, 0.6) is 11.5 Å². The lowest BCUT2D eigenvalue weighted by Crippen LogP contribution is -2.09. The summed E-state index contributed by atoms with van der Waals surface area (Å²) in [6.45, 7) is -0.0985. The summed E-state index contributed by atoms with van der Waals surface area (Å²) in [4.78, 5) is 21.7. The lowest BCUT2D eigenvalue weighted by Gasteiger charge is -2.04. The van der Waals surface area contributed by atoms with Crippen molar-refractivity contribution < 1.29 is 29.3 Å². The third-order valence-corrected chi connectivity index (χ3v) is 1.98. The summed E-state index contributed by atoms with van der Waals surface area (Å²) >= 11 is 0. The molecule has 2 rings (SSSR count). The highest BCUT2D eigenvalue weighted by atomic mass is 16.7. The number of aromatic carboxylic acids is 2. The van der Waals surface area contributed by atoms with E-state index in [-0.39, 0.29) is 29.4 Å². The molecule has 6 nitrogen and oxygen atoms in total. The van der Waals surface area contributed by atoms with Crippen LogP contribution in [0, 0.1) is 0 Å². The maximum Gasteiger partial charge on any atom is 0.340 e. The van der Waals surface area contributed by atoms with Crippen molar-refractivity contribution in [3.63, 3.8) is 0 Å². The lowest BCUT2D eigenvalue weighted by molar-refractivity contribution is 0.0647. The topological polar surface area (TPSA) is 93.1 Å². The minimum absolute atomic E-state index is 0.0256. The molecule has 0 saturated carbocycles. The van der Waals surface area contributed by atoms with Crippen molar-refractivity contribution in [2.45, 2.75) is 0 Å². The Balaban J connectivity index is 2.69. The normalized spacial score (nSPS) is 12.5. The van der Waals surface area contributed by atoms with Crippen LogP contribution in [0.25, 0.3) is 0 Å². The van der Waals surface area contributed by atoms with Crippen LogP contribution in [-0.2, 0) is 0 Å². The van der Waals surface area contributed by atoms with E-state index in [9.17, 15) is 9.59 Å². The third-order valence-electron chi connectivity index (χ3n) is 1.98. The lowest BCUT2D eigenvalue weighted by atomic mass is 10.1. The number of hydrogen-bond donors (Lipinski definition) is 2. The fourth-order valence-corrected chi connectivity index (χ4v) is 1.36. The Morgan fingerprint density at radius 3 is 2.47 bits per heavy atom. The molecule has 0 aromatic heterocycles. The Morgan fingerprint density at radius 2 is 1.87 bits per heavy atom. The zero-order valence-corrected chi connectivity index (χ0v) is 7.39. The average molecular weight is 210 g/mol.